The first-order chi connectivity index (χ1) is 14.3. The van der Waals surface area contributed by atoms with Crippen LogP contribution >= 0.6 is 0 Å². The van der Waals surface area contributed by atoms with Gasteiger partial charge in [-0.15, -0.1) is 0 Å². The first kappa shape index (κ1) is 16.9. The minimum Gasteiger partial charge on any atom is -0.339 e. The smallest absolute Gasteiger partial charge is 0.230 e. The number of piperidine rings is 1. The quantitative estimate of drug-likeness (QED) is 0.575. The van der Waals surface area contributed by atoms with E-state index in [9.17, 15) is 0 Å². The van der Waals surface area contributed by atoms with Gasteiger partial charge < -0.3 is 14.4 Å². The van der Waals surface area contributed by atoms with Gasteiger partial charge in [-0.05, 0) is 55.5 Å². The Morgan fingerprint density at radius 2 is 1.90 bits per heavy atom. The van der Waals surface area contributed by atoms with Gasteiger partial charge in [0.25, 0.3) is 0 Å². The molecule has 2 aliphatic rings. The molecule has 1 N–H and O–H groups in total. The summed E-state index contributed by atoms with van der Waals surface area (Å²) in [7, 11) is 0. The van der Waals surface area contributed by atoms with Crippen molar-refractivity contribution in [2.45, 2.75) is 31.7 Å². The van der Waals surface area contributed by atoms with Crippen LogP contribution in [0.5, 0.6) is 0 Å². The standard InChI is InChI=1S/C23H23N5O/c1-2-4-20-19(3-1)25-15-28(20)14-16-5-7-17(8-6-16)21-26-22(29-27-21)18-13-23(18)9-11-24-12-10-23/h1-8,15,18,24H,9-14H2. The van der Waals surface area contributed by atoms with Gasteiger partial charge in [0.2, 0.25) is 11.7 Å². The molecular weight excluding hydrogens is 362 g/mol. The molecule has 1 saturated carbocycles. The van der Waals surface area contributed by atoms with Crippen LogP contribution in [-0.4, -0.2) is 32.8 Å². The van der Waals surface area contributed by atoms with E-state index in [-0.39, 0.29) is 0 Å². The summed E-state index contributed by atoms with van der Waals surface area (Å²) in [6.45, 7) is 2.99. The van der Waals surface area contributed by atoms with Crippen molar-refractivity contribution >= 4 is 11.0 Å². The Hall–Kier alpha value is -2.99. The van der Waals surface area contributed by atoms with Gasteiger partial charge in [0.1, 0.15) is 0 Å². The Labute approximate surface area is 169 Å². The molecule has 2 aromatic carbocycles. The average Bonchev–Trinajstić information content (AvgIpc) is 3.11. The summed E-state index contributed by atoms with van der Waals surface area (Å²) in [5.41, 5.74) is 4.80. The fraction of sp³-hybridized carbons (Fsp3) is 0.348. The lowest BCUT2D eigenvalue weighted by Crippen LogP contribution is -2.29. The van der Waals surface area contributed by atoms with E-state index in [0.717, 1.165) is 42.1 Å². The van der Waals surface area contributed by atoms with Gasteiger partial charge in [-0.1, -0.05) is 41.6 Å². The van der Waals surface area contributed by atoms with Crippen LogP contribution in [-0.2, 0) is 6.54 Å². The zero-order valence-electron chi connectivity index (χ0n) is 16.2. The van der Waals surface area contributed by atoms with Crippen molar-refractivity contribution < 1.29 is 4.52 Å². The molecule has 1 atom stereocenters. The molecule has 0 radical (unpaired) electrons. The van der Waals surface area contributed by atoms with Gasteiger partial charge in [-0.2, -0.15) is 4.98 Å². The molecule has 6 heteroatoms. The molecule has 1 aliphatic heterocycles. The number of hydrogen-bond donors (Lipinski definition) is 1. The fourth-order valence-corrected chi connectivity index (χ4v) is 4.76. The summed E-state index contributed by atoms with van der Waals surface area (Å²) in [6.07, 6.45) is 5.52. The molecule has 1 saturated heterocycles. The van der Waals surface area contributed by atoms with Crippen molar-refractivity contribution in [2.24, 2.45) is 5.41 Å². The monoisotopic (exact) mass is 385 g/mol. The Kier molecular flexibility index (Phi) is 3.81. The van der Waals surface area contributed by atoms with Crippen LogP contribution in [0.4, 0.5) is 0 Å². The van der Waals surface area contributed by atoms with Gasteiger partial charge in [0.15, 0.2) is 0 Å². The summed E-state index contributed by atoms with van der Waals surface area (Å²) < 4.78 is 7.81. The fourth-order valence-electron chi connectivity index (χ4n) is 4.76. The predicted octanol–water partition coefficient (Wildman–Crippen LogP) is 3.99. The Balaban J connectivity index is 1.19. The number of hydrogen-bond acceptors (Lipinski definition) is 5. The van der Waals surface area contributed by atoms with Crippen LogP contribution < -0.4 is 5.32 Å². The molecule has 4 aromatic rings. The topological polar surface area (TPSA) is 68.8 Å². The number of benzene rings is 2. The lowest BCUT2D eigenvalue weighted by Gasteiger charge is -2.22. The van der Waals surface area contributed by atoms with Gasteiger partial charge in [-0.25, -0.2) is 4.98 Å². The Morgan fingerprint density at radius 3 is 2.76 bits per heavy atom. The van der Waals surface area contributed by atoms with E-state index in [1.54, 1.807) is 0 Å². The number of aromatic nitrogens is 4. The lowest BCUT2D eigenvalue weighted by atomic mass is 9.92. The van der Waals surface area contributed by atoms with E-state index in [1.165, 1.54) is 24.8 Å². The van der Waals surface area contributed by atoms with Crippen molar-refractivity contribution in [3.63, 3.8) is 0 Å². The number of rotatable bonds is 4. The first-order valence-electron chi connectivity index (χ1n) is 10.3. The normalized spacial score (nSPS) is 20.3. The summed E-state index contributed by atoms with van der Waals surface area (Å²) >= 11 is 0. The molecule has 29 heavy (non-hydrogen) atoms. The molecule has 6 nitrogen and oxygen atoms in total. The second-order valence-electron chi connectivity index (χ2n) is 8.38. The van der Waals surface area contributed by atoms with Crippen molar-refractivity contribution in [3.05, 3.63) is 66.3 Å². The maximum Gasteiger partial charge on any atom is 0.230 e. The number of nitrogens with one attached hydrogen (secondary N) is 1. The minimum absolute atomic E-state index is 0.409. The van der Waals surface area contributed by atoms with Crippen molar-refractivity contribution in [1.82, 2.24) is 25.0 Å². The predicted molar refractivity (Wildman–Crippen MR) is 110 cm³/mol. The van der Waals surface area contributed by atoms with Crippen molar-refractivity contribution in [1.29, 1.82) is 0 Å². The summed E-state index contributed by atoms with van der Waals surface area (Å²) in [4.78, 5) is 9.19. The van der Waals surface area contributed by atoms with E-state index in [4.69, 9.17) is 9.51 Å². The number of fused-ring (bicyclic) bond motifs is 1. The van der Waals surface area contributed by atoms with Gasteiger partial charge in [0.05, 0.1) is 17.4 Å². The maximum atomic E-state index is 5.64. The van der Waals surface area contributed by atoms with Crippen LogP contribution in [0.25, 0.3) is 22.4 Å². The molecule has 1 aliphatic carbocycles. The number of para-hydroxylation sites is 2. The molecule has 1 spiro atoms. The zero-order valence-corrected chi connectivity index (χ0v) is 16.2. The van der Waals surface area contributed by atoms with Gasteiger partial charge >= 0.3 is 0 Å². The van der Waals surface area contributed by atoms with Crippen LogP contribution in [0.15, 0.2) is 59.4 Å². The third-order valence-corrected chi connectivity index (χ3v) is 6.62. The summed E-state index contributed by atoms with van der Waals surface area (Å²) in [5, 5.41) is 7.70. The molecule has 0 amide bonds. The largest absolute Gasteiger partial charge is 0.339 e. The molecule has 6 rings (SSSR count). The van der Waals surface area contributed by atoms with Gasteiger partial charge in [0, 0.05) is 18.0 Å². The van der Waals surface area contributed by atoms with Crippen LogP contribution in [0.1, 0.15) is 36.6 Å². The van der Waals surface area contributed by atoms with Crippen LogP contribution in [0.3, 0.4) is 0 Å². The third kappa shape index (κ3) is 2.95. The van der Waals surface area contributed by atoms with Gasteiger partial charge in [-0.3, -0.25) is 0 Å². The molecule has 2 fully saturated rings. The second-order valence-corrected chi connectivity index (χ2v) is 8.38. The number of imidazole rings is 1. The highest BCUT2D eigenvalue weighted by atomic mass is 16.5. The lowest BCUT2D eigenvalue weighted by molar-refractivity contribution is 0.311. The summed E-state index contributed by atoms with van der Waals surface area (Å²) in [6, 6.07) is 16.6. The van der Waals surface area contributed by atoms with E-state index < -0.39 is 0 Å². The van der Waals surface area contributed by atoms with Crippen LogP contribution in [0, 0.1) is 5.41 Å². The molecular formula is C23H23N5O. The molecule has 1 unspecified atom stereocenters. The molecule has 2 aromatic heterocycles. The number of nitrogens with zero attached hydrogens (tertiary/aromatic N) is 4. The van der Waals surface area contributed by atoms with E-state index in [2.05, 4.69) is 50.4 Å². The van der Waals surface area contributed by atoms with Crippen LogP contribution in [0.2, 0.25) is 0 Å². The zero-order chi connectivity index (χ0) is 19.3. The highest BCUT2D eigenvalue weighted by Crippen LogP contribution is 2.63. The van der Waals surface area contributed by atoms with E-state index >= 15 is 0 Å². The Morgan fingerprint density at radius 1 is 1.07 bits per heavy atom. The van der Waals surface area contributed by atoms with Crippen molar-refractivity contribution in [3.8, 4) is 11.4 Å². The van der Waals surface area contributed by atoms with E-state index in [0.29, 0.717) is 17.2 Å². The third-order valence-electron chi connectivity index (χ3n) is 6.62. The highest BCUT2D eigenvalue weighted by Gasteiger charge is 2.57. The highest BCUT2D eigenvalue weighted by molar-refractivity contribution is 5.75. The van der Waals surface area contributed by atoms with E-state index in [1.807, 2.05) is 24.5 Å². The summed E-state index contributed by atoms with van der Waals surface area (Å²) in [5.74, 6) is 1.95. The Bertz CT molecular complexity index is 1150. The first-order valence-corrected chi connectivity index (χ1v) is 10.3. The SMILES string of the molecule is c1ccc2c(c1)ncn2Cc1ccc(-c2noc(C3CC34CCNCC4)n2)cc1. The minimum atomic E-state index is 0.409. The second kappa shape index (κ2) is 6.52. The van der Waals surface area contributed by atoms with Crippen molar-refractivity contribution in [2.75, 3.05) is 13.1 Å². The molecule has 0 bridgehead atoms. The molecule has 3 heterocycles. The average molecular weight is 385 g/mol. The molecule has 146 valence electrons. The maximum absolute atomic E-state index is 5.64.